The highest BCUT2D eigenvalue weighted by atomic mass is 32.1. The van der Waals surface area contributed by atoms with Gasteiger partial charge in [-0.25, -0.2) is 4.79 Å². The molecule has 0 bridgehead atoms. The molecule has 1 atom stereocenters. The van der Waals surface area contributed by atoms with Crippen LogP contribution in [0, 0.1) is 0 Å². The molecule has 4 N–H and O–H groups in total. The van der Waals surface area contributed by atoms with Gasteiger partial charge in [-0.1, -0.05) is 36.4 Å². The zero-order chi connectivity index (χ0) is 15.1. The van der Waals surface area contributed by atoms with Gasteiger partial charge in [-0.15, -0.1) is 11.3 Å². The van der Waals surface area contributed by atoms with Crippen LogP contribution < -0.4 is 16.0 Å². The molecule has 0 spiro atoms. The maximum absolute atomic E-state index is 11.7. The van der Waals surface area contributed by atoms with Gasteiger partial charge < -0.3 is 10.6 Å². The number of imide groups is 1. The summed E-state index contributed by atoms with van der Waals surface area (Å²) in [5.74, 6) is -0.313. The standard InChI is InChI=1S/C15H17N3O2S/c1-16-15(20)18-13(19)10-17-14(12-8-5-9-21-12)11-6-3-2-4-7-11/h2-9,14,17H,10H2,1H3,(H2,16,18,19,20)/p+1/t14-/m0/s1. The van der Waals surface area contributed by atoms with E-state index in [1.165, 1.54) is 11.9 Å². The van der Waals surface area contributed by atoms with Gasteiger partial charge in [0.25, 0.3) is 5.91 Å². The summed E-state index contributed by atoms with van der Waals surface area (Å²) in [5.41, 5.74) is 1.13. The summed E-state index contributed by atoms with van der Waals surface area (Å²) in [5, 5.41) is 8.57. The molecule has 3 amide bonds. The summed E-state index contributed by atoms with van der Waals surface area (Å²) in [7, 11) is 1.48. The topological polar surface area (TPSA) is 74.8 Å². The molecule has 0 aliphatic heterocycles. The van der Waals surface area contributed by atoms with Crippen LogP contribution in [0.3, 0.4) is 0 Å². The molecule has 5 nitrogen and oxygen atoms in total. The molecule has 2 rings (SSSR count). The van der Waals surface area contributed by atoms with E-state index in [0.717, 1.165) is 5.56 Å². The Hall–Kier alpha value is -2.18. The average molecular weight is 304 g/mol. The molecular weight excluding hydrogens is 286 g/mol. The number of carbonyl (C=O) groups excluding carboxylic acids is 2. The zero-order valence-electron chi connectivity index (χ0n) is 11.7. The Morgan fingerprint density at radius 2 is 1.95 bits per heavy atom. The summed E-state index contributed by atoms with van der Waals surface area (Å²) in [6.07, 6.45) is 0. The van der Waals surface area contributed by atoms with Gasteiger partial charge in [-0.05, 0) is 11.4 Å². The number of hydrogen-bond acceptors (Lipinski definition) is 3. The number of hydrogen-bond donors (Lipinski definition) is 3. The molecular formula is C15H18N3O2S+. The summed E-state index contributed by atoms with van der Waals surface area (Å²) >= 11 is 1.65. The first kappa shape index (κ1) is 15.2. The Morgan fingerprint density at radius 3 is 2.57 bits per heavy atom. The SMILES string of the molecule is CNC(=O)NC(=O)C[NH2+][C@@H](c1ccccc1)c1cccs1. The van der Waals surface area contributed by atoms with Crippen molar-refractivity contribution in [3.8, 4) is 0 Å². The van der Waals surface area contributed by atoms with Gasteiger partial charge >= 0.3 is 6.03 Å². The van der Waals surface area contributed by atoms with Crippen LogP contribution in [-0.4, -0.2) is 25.5 Å². The van der Waals surface area contributed by atoms with Gasteiger partial charge in [0.05, 0.1) is 4.88 Å². The van der Waals surface area contributed by atoms with E-state index in [1.54, 1.807) is 11.3 Å². The molecule has 0 aliphatic rings. The molecule has 6 heteroatoms. The van der Waals surface area contributed by atoms with Gasteiger partial charge in [-0.2, -0.15) is 0 Å². The number of quaternary nitrogens is 1. The lowest BCUT2D eigenvalue weighted by Gasteiger charge is -2.14. The third-order valence-corrected chi connectivity index (χ3v) is 3.98. The van der Waals surface area contributed by atoms with E-state index >= 15 is 0 Å². The highest BCUT2D eigenvalue weighted by molar-refractivity contribution is 7.10. The number of urea groups is 1. The molecule has 0 fully saturated rings. The minimum atomic E-state index is -0.485. The van der Waals surface area contributed by atoms with Gasteiger partial charge in [-0.3, -0.25) is 10.1 Å². The molecule has 0 aliphatic carbocycles. The van der Waals surface area contributed by atoms with Crippen LogP contribution in [0.1, 0.15) is 16.5 Å². The van der Waals surface area contributed by atoms with Gasteiger partial charge in [0.15, 0.2) is 6.54 Å². The van der Waals surface area contributed by atoms with E-state index in [9.17, 15) is 9.59 Å². The first-order valence-corrected chi connectivity index (χ1v) is 7.52. The minimum Gasteiger partial charge on any atom is -0.341 e. The van der Waals surface area contributed by atoms with Crippen molar-refractivity contribution in [1.82, 2.24) is 10.6 Å². The van der Waals surface area contributed by atoms with Crippen LogP contribution in [0.15, 0.2) is 47.8 Å². The van der Waals surface area contributed by atoms with Crippen LogP contribution in [0.4, 0.5) is 4.79 Å². The van der Waals surface area contributed by atoms with E-state index in [4.69, 9.17) is 0 Å². The highest BCUT2D eigenvalue weighted by Crippen LogP contribution is 2.22. The van der Waals surface area contributed by atoms with Gasteiger partial charge in [0.2, 0.25) is 0 Å². The highest BCUT2D eigenvalue weighted by Gasteiger charge is 2.20. The molecule has 110 valence electrons. The lowest BCUT2D eigenvalue weighted by Crippen LogP contribution is -2.87. The largest absolute Gasteiger partial charge is 0.341 e. The monoisotopic (exact) mass is 304 g/mol. The van der Waals surface area contributed by atoms with Crippen molar-refractivity contribution in [3.63, 3.8) is 0 Å². The van der Waals surface area contributed by atoms with Gasteiger partial charge in [0.1, 0.15) is 6.04 Å². The number of rotatable bonds is 5. The molecule has 0 saturated heterocycles. The third kappa shape index (κ3) is 4.40. The van der Waals surface area contributed by atoms with Crippen molar-refractivity contribution in [2.45, 2.75) is 6.04 Å². The molecule has 2 aromatic rings. The van der Waals surface area contributed by atoms with Crippen LogP contribution in [-0.2, 0) is 4.79 Å². The van der Waals surface area contributed by atoms with E-state index in [0.29, 0.717) is 0 Å². The smallest absolute Gasteiger partial charge is 0.321 e. The Labute approximate surface area is 127 Å². The summed E-state index contributed by atoms with van der Waals surface area (Å²) < 4.78 is 0. The fourth-order valence-electron chi connectivity index (χ4n) is 2.01. The van der Waals surface area contributed by atoms with Crippen molar-refractivity contribution in [2.24, 2.45) is 0 Å². The molecule has 0 radical (unpaired) electrons. The summed E-state index contributed by atoms with van der Waals surface area (Å²) in [6, 6.07) is 13.6. The third-order valence-electron chi connectivity index (χ3n) is 3.03. The number of amides is 3. The van der Waals surface area contributed by atoms with Crippen LogP contribution in [0.5, 0.6) is 0 Å². The first-order chi connectivity index (χ1) is 10.2. The lowest BCUT2D eigenvalue weighted by atomic mass is 10.1. The van der Waals surface area contributed by atoms with Crippen molar-refractivity contribution in [2.75, 3.05) is 13.6 Å². The maximum atomic E-state index is 11.7. The van der Waals surface area contributed by atoms with Crippen LogP contribution >= 0.6 is 11.3 Å². The Balaban J connectivity index is 2.04. The van der Waals surface area contributed by atoms with Crippen LogP contribution in [0.2, 0.25) is 0 Å². The molecule has 0 saturated carbocycles. The van der Waals surface area contributed by atoms with Gasteiger partial charge in [0, 0.05) is 12.6 Å². The van der Waals surface area contributed by atoms with Crippen molar-refractivity contribution >= 4 is 23.3 Å². The number of thiophene rings is 1. The van der Waals surface area contributed by atoms with Crippen LogP contribution in [0.25, 0.3) is 0 Å². The number of benzene rings is 1. The Kier molecular flexibility index (Phi) is 5.48. The lowest BCUT2D eigenvalue weighted by molar-refractivity contribution is -0.676. The van der Waals surface area contributed by atoms with Crippen molar-refractivity contribution < 1.29 is 14.9 Å². The second-order valence-electron chi connectivity index (χ2n) is 4.47. The first-order valence-electron chi connectivity index (χ1n) is 6.64. The molecule has 1 heterocycles. The van der Waals surface area contributed by atoms with E-state index in [1.807, 2.05) is 47.1 Å². The molecule has 1 aromatic heterocycles. The predicted octanol–water partition coefficient (Wildman–Crippen LogP) is 0.857. The zero-order valence-corrected chi connectivity index (χ0v) is 12.5. The number of nitrogens with one attached hydrogen (secondary N) is 2. The quantitative estimate of drug-likeness (QED) is 0.766. The minimum absolute atomic E-state index is 0.0571. The summed E-state index contributed by atoms with van der Waals surface area (Å²) in [6.45, 7) is 0.185. The fourth-order valence-corrected chi connectivity index (χ4v) is 2.86. The normalized spacial score (nSPS) is 11.7. The second-order valence-corrected chi connectivity index (χ2v) is 5.45. The maximum Gasteiger partial charge on any atom is 0.321 e. The summed E-state index contributed by atoms with van der Waals surface area (Å²) in [4.78, 5) is 24.0. The molecule has 1 aromatic carbocycles. The molecule has 21 heavy (non-hydrogen) atoms. The predicted molar refractivity (Wildman–Crippen MR) is 82.0 cm³/mol. The van der Waals surface area contributed by atoms with E-state index in [-0.39, 0.29) is 18.5 Å². The average Bonchev–Trinajstić information content (AvgIpc) is 3.02. The Bertz CT molecular complexity index is 584. The molecule has 0 unspecified atom stereocenters. The number of nitrogens with two attached hydrogens (primary N) is 1. The van der Waals surface area contributed by atoms with E-state index in [2.05, 4.69) is 16.7 Å². The van der Waals surface area contributed by atoms with Crippen molar-refractivity contribution in [1.29, 1.82) is 0 Å². The second kappa shape index (κ2) is 7.56. The Morgan fingerprint density at radius 1 is 1.19 bits per heavy atom. The van der Waals surface area contributed by atoms with Crippen molar-refractivity contribution in [3.05, 3.63) is 58.3 Å². The van der Waals surface area contributed by atoms with E-state index < -0.39 is 6.03 Å². The fraction of sp³-hybridized carbons (Fsp3) is 0.200. The number of carbonyl (C=O) groups is 2.